The molecule has 0 aliphatic carbocycles. The number of benzene rings is 2. The summed E-state index contributed by atoms with van der Waals surface area (Å²) in [5.74, 6) is -0.774. The van der Waals surface area contributed by atoms with Gasteiger partial charge in [-0.15, -0.1) is 8.42 Å². The molecular weight excluding hydrogens is 284 g/mol. The minimum Gasteiger partial charge on any atom is -0.419 e. The van der Waals surface area contributed by atoms with Crippen molar-refractivity contribution >= 4 is 16.4 Å². The molecule has 3 rings (SSSR count). The van der Waals surface area contributed by atoms with E-state index >= 15 is 0 Å². The molecule has 2 aromatic rings. The van der Waals surface area contributed by atoms with Crippen LogP contribution in [0.25, 0.3) is 0 Å². The van der Waals surface area contributed by atoms with Gasteiger partial charge in [-0.2, -0.15) is 0 Å². The van der Waals surface area contributed by atoms with E-state index in [0.29, 0.717) is 5.56 Å². The van der Waals surface area contributed by atoms with Crippen LogP contribution in [0.2, 0.25) is 0 Å². The average Bonchev–Trinajstić information content (AvgIpc) is 2.75. The summed E-state index contributed by atoms with van der Waals surface area (Å²) in [6.07, 6.45) is 0. The van der Waals surface area contributed by atoms with Gasteiger partial charge in [0.05, 0.1) is 5.56 Å². The highest BCUT2D eigenvalue weighted by molar-refractivity contribution is 7.82. The highest BCUT2D eigenvalue weighted by Gasteiger charge is 2.32. The Morgan fingerprint density at radius 2 is 1.70 bits per heavy atom. The Morgan fingerprint density at radius 3 is 2.45 bits per heavy atom. The lowest BCUT2D eigenvalue weighted by Crippen LogP contribution is -2.10. The summed E-state index contributed by atoms with van der Waals surface area (Å²) in [7, 11) is -4.12. The van der Waals surface area contributed by atoms with Crippen molar-refractivity contribution in [2.75, 3.05) is 0 Å². The maximum atomic E-state index is 11.9. The fourth-order valence-electron chi connectivity index (χ4n) is 1.69. The van der Waals surface area contributed by atoms with Gasteiger partial charge in [0.2, 0.25) is 5.75 Å². The van der Waals surface area contributed by atoms with Crippen molar-refractivity contribution in [3.8, 4) is 17.2 Å². The van der Waals surface area contributed by atoms with E-state index in [2.05, 4.69) is 8.37 Å². The van der Waals surface area contributed by atoms with Gasteiger partial charge in [0.25, 0.3) is 0 Å². The molecule has 1 heterocycles. The molecule has 0 unspecified atom stereocenters. The second-order valence-corrected chi connectivity index (χ2v) is 5.06. The highest BCUT2D eigenvalue weighted by Crippen LogP contribution is 2.43. The van der Waals surface area contributed by atoms with Crippen LogP contribution in [0.4, 0.5) is 0 Å². The van der Waals surface area contributed by atoms with E-state index in [1.165, 1.54) is 18.2 Å². The van der Waals surface area contributed by atoms with Crippen molar-refractivity contribution in [2.45, 2.75) is 0 Å². The standard InChI is InChI=1S/C13H8O6S/c14-13(9-5-2-1-3-6-9)17-10-7-4-8-11-12(10)19-20(15,16)18-11/h1-8H. The van der Waals surface area contributed by atoms with E-state index in [9.17, 15) is 13.2 Å². The van der Waals surface area contributed by atoms with Crippen LogP contribution in [0.15, 0.2) is 48.5 Å². The minimum absolute atomic E-state index is 0.0108. The molecule has 0 radical (unpaired) electrons. The van der Waals surface area contributed by atoms with Crippen LogP contribution in [0.5, 0.6) is 17.2 Å². The van der Waals surface area contributed by atoms with Crippen LogP contribution in [0.1, 0.15) is 10.4 Å². The highest BCUT2D eigenvalue weighted by atomic mass is 32.3. The summed E-state index contributed by atoms with van der Waals surface area (Å²) < 4.78 is 36.8. The van der Waals surface area contributed by atoms with Crippen molar-refractivity contribution in [1.29, 1.82) is 0 Å². The van der Waals surface area contributed by atoms with Gasteiger partial charge in [0, 0.05) is 0 Å². The minimum atomic E-state index is -4.12. The van der Waals surface area contributed by atoms with Gasteiger partial charge in [-0.3, -0.25) is 0 Å². The Kier molecular flexibility index (Phi) is 2.83. The Balaban J connectivity index is 1.91. The summed E-state index contributed by atoms with van der Waals surface area (Å²) in [5.41, 5.74) is 0.340. The first-order valence-corrected chi connectivity index (χ1v) is 6.93. The molecule has 0 aromatic heterocycles. The first kappa shape index (κ1) is 12.5. The van der Waals surface area contributed by atoms with E-state index in [1.807, 2.05) is 0 Å². The predicted octanol–water partition coefficient (Wildman–Crippen LogP) is 1.92. The molecule has 0 amide bonds. The van der Waals surface area contributed by atoms with Gasteiger partial charge in [0.1, 0.15) is 0 Å². The lowest BCUT2D eigenvalue weighted by Gasteiger charge is -2.05. The lowest BCUT2D eigenvalue weighted by atomic mass is 10.2. The van der Waals surface area contributed by atoms with Gasteiger partial charge in [-0.1, -0.05) is 24.3 Å². The summed E-state index contributed by atoms with van der Waals surface area (Å²) in [6, 6.07) is 12.6. The third kappa shape index (κ3) is 2.30. The number of fused-ring (bicyclic) bond motifs is 1. The molecule has 0 spiro atoms. The maximum Gasteiger partial charge on any atom is 0.501 e. The maximum absolute atomic E-state index is 11.9. The Bertz CT molecular complexity index is 767. The fourth-order valence-corrected chi connectivity index (χ4v) is 2.44. The van der Waals surface area contributed by atoms with Crippen LogP contribution >= 0.6 is 0 Å². The molecule has 1 aliphatic heterocycles. The molecule has 0 saturated carbocycles. The smallest absolute Gasteiger partial charge is 0.419 e. The monoisotopic (exact) mass is 292 g/mol. The topological polar surface area (TPSA) is 78.9 Å². The summed E-state index contributed by atoms with van der Waals surface area (Å²) in [5, 5.41) is 0. The molecular formula is C13H8O6S. The number of carbonyl (C=O) groups excluding carboxylic acids is 1. The van der Waals surface area contributed by atoms with Gasteiger partial charge in [-0.05, 0) is 24.3 Å². The molecule has 2 aromatic carbocycles. The molecule has 0 N–H and O–H groups in total. The number of ether oxygens (including phenoxy) is 1. The van der Waals surface area contributed by atoms with Gasteiger partial charge < -0.3 is 13.1 Å². The Morgan fingerprint density at radius 1 is 0.950 bits per heavy atom. The Hall–Kier alpha value is -2.54. The van der Waals surface area contributed by atoms with Gasteiger partial charge >= 0.3 is 16.4 Å². The predicted molar refractivity (Wildman–Crippen MR) is 68.0 cm³/mol. The Labute approximate surface area is 114 Å². The third-order valence-electron chi connectivity index (χ3n) is 2.53. The summed E-state index contributed by atoms with van der Waals surface area (Å²) in [4.78, 5) is 11.9. The fraction of sp³-hybridized carbons (Fsp3) is 0. The SMILES string of the molecule is O=C(Oc1cccc2c1OS(=O)(=O)O2)c1ccccc1. The van der Waals surface area contributed by atoms with Crippen molar-refractivity contribution in [3.63, 3.8) is 0 Å². The van der Waals surface area contributed by atoms with Crippen molar-refractivity contribution in [2.24, 2.45) is 0 Å². The second-order valence-electron chi connectivity index (χ2n) is 3.91. The number of hydrogen-bond donors (Lipinski definition) is 0. The summed E-state index contributed by atoms with van der Waals surface area (Å²) >= 11 is 0. The number of para-hydroxylation sites is 1. The van der Waals surface area contributed by atoms with Gasteiger partial charge in [0.15, 0.2) is 11.5 Å². The van der Waals surface area contributed by atoms with Crippen LogP contribution in [-0.2, 0) is 10.4 Å². The van der Waals surface area contributed by atoms with Crippen molar-refractivity contribution < 1.29 is 26.3 Å². The molecule has 20 heavy (non-hydrogen) atoms. The number of rotatable bonds is 2. The van der Waals surface area contributed by atoms with E-state index in [4.69, 9.17) is 4.74 Å². The first-order valence-electron chi connectivity index (χ1n) is 5.59. The molecule has 6 nitrogen and oxygen atoms in total. The number of hydrogen-bond acceptors (Lipinski definition) is 6. The number of esters is 1. The molecule has 0 bridgehead atoms. The molecule has 102 valence electrons. The van der Waals surface area contributed by atoms with Crippen LogP contribution < -0.4 is 13.1 Å². The first-order chi connectivity index (χ1) is 9.55. The van der Waals surface area contributed by atoms with E-state index in [0.717, 1.165) is 0 Å². The summed E-state index contributed by atoms with van der Waals surface area (Å²) in [6.45, 7) is 0. The normalized spacial score (nSPS) is 14.8. The molecule has 0 saturated heterocycles. The number of carbonyl (C=O) groups is 1. The van der Waals surface area contributed by atoms with E-state index < -0.39 is 16.4 Å². The van der Waals surface area contributed by atoms with E-state index in [-0.39, 0.29) is 17.2 Å². The van der Waals surface area contributed by atoms with Crippen LogP contribution in [0, 0.1) is 0 Å². The second kappa shape index (κ2) is 4.53. The van der Waals surface area contributed by atoms with Gasteiger partial charge in [-0.25, -0.2) is 4.79 Å². The zero-order valence-corrected chi connectivity index (χ0v) is 10.8. The van der Waals surface area contributed by atoms with Crippen molar-refractivity contribution in [1.82, 2.24) is 0 Å². The third-order valence-corrected chi connectivity index (χ3v) is 3.29. The zero-order chi connectivity index (χ0) is 14.2. The molecule has 7 heteroatoms. The largest absolute Gasteiger partial charge is 0.501 e. The quantitative estimate of drug-likeness (QED) is 0.621. The lowest BCUT2D eigenvalue weighted by molar-refractivity contribution is 0.0732. The van der Waals surface area contributed by atoms with Crippen LogP contribution in [0.3, 0.4) is 0 Å². The van der Waals surface area contributed by atoms with Crippen molar-refractivity contribution in [3.05, 3.63) is 54.1 Å². The average molecular weight is 292 g/mol. The molecule has 0 fully saturated rings. The van der Waals surface area contributed by atoms with E-state index in [1.54, 1.807) is 30.3 Å². The molecule has 1 aliphatic rings. The van der Waals surface area contributed by atoms with Crippen LogP contribution in [-0.4, -0.2) is 14.4 Å². The molecule has 0 atom stereocenters. The zero-order valence-electron chi connectivity index (χ0n) is 9.98.